The highest BCUT2D eigenvalue weighted by atomic mass is 16.3. The maximum absolute atomic E-state index is 9.77. The molecule has 1 saturated heterocycles. The summed E-state index contributed by atoms with van der Waals surface area (Å²) in [5.74, 6) is 0. The van der Waals surface area contributed by atoms with Gasteiger partial charge in [-0.2, -0.15) is 0 Å². The van der Waals surface area contributed by atoms with Crippen LogP contribution in [0.15, 0.2) is 0 Å². The molecule has 0 radical (unpaired) electrons. The molecular formula is C11H24N2O. The van der Waals surface area contributed by atoms with E-state index in [0.29, 0.717) is 6.54 Å². The van der Waals surface area contributed by atoms with Crippen LogP contribution in [0.5, 0.6) is 0 Å². The Morgan fingerprint density at radius 2 is 1.86 bits per heavy atom. The molecule has 84 valence electrons. The van der Waals surface area contributed by atoms with Crippen LogP contribution in [0.2, 0.25) is 0 Å². The molecule has 2 N–H and O–H groups in total. The first-order valence-electron chi connectivity index (χ1n) is 5.63. The van der Waals surface area contributed by atoms with E-state index in [1.54, 1.807) is 0 Å². The summed E-state index contributed by atoms with van der Waals surface area (Å²) in [5, 5.41) is 13.1. The highest BCUT2D eigenvalue weighted by molar-refractivity contribution is 4.76. The van der Waals surface area contributed by atoms with E-state index in [4.69, 9.17) is 0 Å². The number of nitrogens with zero attached hydrogens (tertiary/aromatic N) is 1. The van der Waals surface area contributed by atoms with Crippen molar-refractivity contribution < 1.29 is 5.11 Å². The molecule has 0 aromatic carbocycles. The van der Waals surface area contributed by atoms with Crippen LogP contribution in [0, 0.1) is 0 Å². The third-order valence-electron chi connectivity index (χ3n) is 2.54. The van der Waals surface area contributed by atoms with E-state index in [1.165, 1.54) is 12.8 Å². The fourth-order valence-electron chi connectivity index (χ4n) is 1.75. The summed E-state index contributed by atoms with van der Waals surface area (Å²) in [6.07, 6.45) is 2.35. The number of rotatable bonds is 4. The Morgan fingerprint density at radius 1 is 1.29 bits per heavy atom. The second-order valence-electron chi connectivity index (χ2n) is 5.29. The van der Waals surface area contributed by atoms with E-state index in [1.807, 2.05) is 0 Å². The Morgan fingerprint density at radius 3 is 2.36 bits per heavy atom. The maximum atomic E-state index is 9.77. The Labute approximate surface area is 87.5 Å². The maximum Gasteiger partial charge on any atom is 0.0791 e. The van der Waals surface area contributed by atoms with Gasteiger partial charge in [0.05, 0.1) is 6.10 Å². The number of aliphatic hydroxyl groups is 1. The van der Waals surface area contributed by atoms with Crippen molar-refractivity contribution >= 4 is 0 Å². The van der Waals surface area contributed by atoms with Gasteiger partial charge in [0.15, 0.2) is 0 Å². The van der Waals surface area contributed by atoms with Gasteiger partial charge in [0.25, 0.3) is 0 Å². The summed E-state index contributed by atoms with van der Waals surface area (Å²) in [7, 11) is 0. The summed E-state index contributed by atoms with van der Waals surface area (Å²) in [4.78, 5) is 2.34. The fourth-order valence-corrected chi connectivity index (χ4v) is 1.75. The molecule has 0 amide bonds. The molecule has 0 spiro atoms. The number of likely N-dealkylation sites (tertiary alicyclic amines) is 1. The molecule has 14 heavy (non-hydrogen) atoms. The molecule has 3 heteroatoms. The number of β-amino-alcohol motifs (C(OH)–C–C–N with tert-alkyl or cyclic N) is 1. The zero-order chi connectivity index (χ0) is 10.6. The standard InChI is InChI=1S/C11H24N2O/c1-11(2,3)12-8-10(14)9-13-6-4-5-7-13/h10,12,14H,4-9H2,1-3H3. The van der Waals surface area contributed by atoms with Crippen molar-refractivity contribution in [1.82, 2.24) is 10.2 Å². The van der Waals surface area contributed by atoms with Crippen molar-refractivity contribution in [2.45, 2.75) is 45.3 Å². The third-order valence-corrected chi connectivity index (χ3v) is 2.54. The molecule has 1 atom stereocenters. The first-order valence-corrected chi connectivity index (χ1v) is 5.63. The van der Waals surface area contributed by atoms with E-state index in [2.05, 4.69) is 31.0 Å². The topological polar surface area (TPSA) is 35.5 Å². The van der Waals surface area contributed by atoms with Gasteiger partial charge < -0.3 is 15.3 Å². The first-order chi connectivity index (χ1) is 6.47. The molecule has 1 fully saturated rings. The van der Waals surface area contributed by atoms with E-state index in [0.717, 1.165) is 19.6 Å². The van der Waals surface area contributed by atoms with Crippen molar-refractivity contribution in [3.63, 3.8) is 0 Å². The van der Waals surface area contributed by atoms with Crippen LogP contribution in [0.4, 0.5) is 0 Å². The van der Waals surface area contributed by atoms with Gasteiger partial charge in [-0.1, -0.05) is 0 Å². The molecule has 3 nitrogen and oxygen atoms in total. The third kappa shape index (κ3) is 4.94. The van der Waals surface area contributed by atoms with Gasteiger partial charge in [-0.25, -0.2) is 0 Å². The predicted octanol–water partition coefficient (Wildman–Crippen LogP) is 0.831. The van der Waals surface area contributed by atoms with Crippen LogP contribution in [-0.2, 0) is 0 Å². The van der Waals surface area contributed by atoms with Gasteiger partial charge in [0, 0.05) is 18.6 Å². The number of hydrogen-bond acceptors (Lipinski definition) is 3. The van der Waals surface area contributed by atoms with Gasteiger partial charge >= 0.3 is 0 Å². The van der Waals surface area contributed by atoms with Gasteiger partial charge in [-0.15, -0.1) is 0 Å². The molecule has 0 saturated carbocycles. The van der Waals surface area contributed by atoms with Crippen LogP contribution < -0.4 is 5.32 Å². The van der Waals surface area contributed by atoms with Crippen LogP contribution in [0.1, 0.15) is 33.6 Å². The van der Waals surface area contributed by atoms with Gasteiger partial charge in [0.1, 0.15) is 0 Å². The van der Waals surface area contributed by atoms with Crippen molar-refractivity contribution in [3.05, 3.63) is 0 Å². The second-order valence-corrected chi connectivity index (χ2v) is 5.29. The predicted molar refractivity (Wildman–Crippen MR) is 59.4 cm³/mol. The molecule has 0 aliphatic carbocycles. The number of hydrogen-bond donors (Lipinski definition) is 2. The minimum atomic E-state index is -0.229. The summed E-state index contributed by atoms with van der Waals surface area (Å²) >= 11 is 0. The van der Waals surface area contributed by atoms with Crippen molar-refractivity contribution in [1.29, 1.82) is 0 Å². The Balaban J connectivity index is 2.12. The summed E-state index contributed by atoms with van der Waals surface area (Å²) in [6, 6.07) is 0. The van der Waals surface area contributed by atoms with Gasteiger partial charge in [-0.05, 0) is 46.7 Å². The van der Waals surface area contributed by atoms with Crippen molar-refractivity contribution in [2.75, 3.05) is 26.2 Å². The second kappa shape index (κ2) is 5.10. The fraction of sp³-hybridized carbons (Fsp3) is 1.00. The highest BCUT2D eigenvalue weighted by Gasteiger charge is 2.17. The largest absolute Gasteiger partial charge is 0.390 e. The van der Waals surface area contributed by atoms with Crippen LogP contribution in [0.3, 0.4) is 0 Å². The Bertz CT molecular complexity index is 159. The lowest BCUT2D eigenvalue weighted by molar-refractivity contribution is 0.116. The minimum Gasteiger partial charge on any atom is -0.390 e. The van der Waals surface area contributed by atoms with Crippen molar-refractivity contribution in [3.8, 4) is 0 Å². The SMILES string of the molecule is CC(C)(C)NCC(O)CN1CCCC1. The normalized spacial score (nSPS) is 21.4. The first kappa shape index (κ1) is 12.0. The van der Waals surface area contributed by atoms with Crippen LogP contribution in [0.25, 0.3) is 0 Å². The average Bonchev–Trinajstić information content (AvgIpc) is 2.52. The summed E-state index contributed by atoms with van der Waals surface area (Å²) in [5.41, 5.74) is 0.103. The highest BCUT2D eigenvalue weighted by Crippen LogP contribution is 2.07. The molecule has 0 aromatic heterocycles. The molecule has 1 aliphatic rings. The molecule has 1 aliphatic heterocycles. The smallest absolute Gasteiger partial charge is 0.0791 e. The lowest BCUT2D eigenvalue weighted by Crippen LogP contribution is -2.44. The Hall–Kier alpha value is -0.120. The molecule has 1 rings (SSSR count). The lowest BCUT2D eigenvalue weighted by atomic mass is 10.1. The number of nitrogens with one attached hydrogen (secondary N) is 1. The average molecular weight is 200 g/mol. The van der Waals surface area contributed by atoms with E-state index >= 15 is 0 Å². The molecule has 1 heterocycles. The Kier molecular flexibility index (Phi) is 4.35. The lowest BCUT2D eigenvalue weighted by Gasteiger charge is -2.25. The molecule has 0 bridgehead atoms. The van der Waals surface area contributed by atoms with Crippen molar-refractivity contribution in [2.24, 2.45) is 0 Å². The van der Waals surface area contributed by atoms with Crippen LogP contribution >= 0.6 is 0 Å². The minimum absolute atomic E-state index is 0.103. The zero-order valence-corrected chi connectivity index (χ0v) is 9.71. The summed E-state index contributed by atoms with van der Waals surface area (Å²) < 4.78 is 0. The monoisotopic (exact) mass is 200 g/mol. The molecule has 1 unspecified atom stereocenters. The van der Waals surface area contributed by atoms with E-state index < -0.39 is 0 Å². The number of aliphatic hydroxyl groups excluding tert-OH is 1. The van der Waals surface area contributed by atoms with E-state index in [-0.39, 0.29) is 11.6 Å². The van der Waals surface area contributed by atoms with Gasteiger partial charge in [-0.3, -0.25) is 0 Å². The summed E-state index contributed by atoms with van der Waals surface area (Å²) in [6.45, 7) is 10.2. The van der Waals surface area contributed by atoms with Gasteiger partial charge in [0.2, 0.25) is 0 Å². The quantitative estimate of drug-likeness (QED) is 0.705. The van der Waals surface area contributed by atoms with Crippen LogP contribution in [-0.4, -0.2) is 47.8 Å². The zero-order valence-electron chi connectivity index (χ0n) is 9.71. The molecule has 0 aromatic rings. The molecular weight excluding hydrogens is 176 g/mol. The van der Waals surface area contributed by atoms with E-state index in [9.17, 15) is 5.11 Å².